The largest absolute Gasteiger partial charge is 0.490 e. The summed E-state index contributed by atoms with van der Waals surface area (Å²) in [7, 11) is 4.08. The molecule has 134 valence electrons. The fourth-order valence-corrected chi connectivity index (χ4v) is 2.37. The van der Waals surface area contributed by atoms with Gasteiger partial charge < -0.3 is 19.7 Å². The van der Waals surface area contributed by atoms with Gasteiger partial charge in [-0.25, -0.2) is 0 Å². The number of hydrogen-bond acceptors (Lipinski definition) is 4. The highest BCUT2D eigenvalue weighted by Gasteiger charge is 2.07. The Morgan fingerprint density at radius 3 is 2.16 bits per heavy atom. The van der Waals surface area contributed by atoms with Gasteiger partial charge in [0.05, 0.1) is 6.61 Å². The van der Waals surface area contributed by atoms with Crippen LogP contribution in [0, 0.1) is 0 Å². The summed E-state index contributed by atoms with van der Waals surface area (Å²) in [6, 6.07) is 15.6. The highest BCUT2D eigenvalue weighted by atomic mass is 16.5. The molecule has 0 bridgehead atoms. The molecule has 0 heterocycles. The first-order valence-electron chi connectivity index (χ1n) is 8.42. The molecule has 2 aromatic carbocycles. The molecule has 0 aliphatic heterocycles. The molecule has 0 saturated heterocycles. The van der Waals surface area contributed by atoms with Crippen molar-refractivity contribution in [3.05, 3.63) is 59.7 Å². The monoisotopic (exact) mass is 342 g/mol. The molecule has 5 nitrogen and oxygen atoms in total. The number of carbonyl (C=O) groups is 1. The van der Waals surface area contributed by atoms with E-state index in [2.05, 4.69) is 22.3 Å². The van der Waals surface area contributed by atoms with E-state index >= 15 is 0 Å². The molecule has 0 saturated carbocycles. The molecule has 25 heavy (non-hydrogen) atoms. The average molecular weight is 342 g/mol. The molecule has 0 radical (unpaired) electrons. The van der Waals surface area contributed by atoms with Crippen molar-refractivity contribution in [2.24, 2.45) is 0 Å². The predicted molar refractivity (Wildman–Crippen MR) is 98.8 cm³/mol. The zero-order valence-corrected chi connectivity index (χ0v) is 15.1. The minimum absolute atomic E-state index is 0.0389. The molecule has 0 unspecified atom stereocenters. The van der Waals surface area contributed by atoms with E-state index in [0.717, 1.165) is 12.1 Å². The van der Waals surface area contributed by atoms with Gasteiger partial charge in [-0.15, -0.1) is 0 Å². The smallest absolute Gasteiger partial charge is 0.258 e. The van der Waals surface area contributed by atoms with Crippen LogP contribution in [0.25, 0.3) is 0 Å². The average Bonchev–Trinajstić information content (AvgIpc) is 2.60. The van der Waals surface area contributed by atoms with Crippen LogP contribution in [0.1, 0.15) is 18.1 Å². The van der Waals surface area contributed by atoms with Crippen LogP contribution < -0.4 is 14.8 Å². The van der Waals surface area contributed by atoms with E-state index in [9.17, 15) is 4.79 Å². The van der Waals surface area contributed by atoms with Crippen LogP contribution in [0.5, 0.6) is 11.5 Å². The third kappa shape index (κ3) is 6.47. The summed E-state index contributed by atoms with van der Waals surface area (Å²) in [5, 5.41) is 2.87. The molecule has 0 aliphatic rings. The van der Waals surface area contributed by atoms with Crippen molar-refractivity contribution >= 4 is 5.91 Å². The summed E-state index contributed by atoms with van der Waals surface area (Å²) in [5.41, 5.74) is 2.31. The zero-order valence-electron chi connectivity index (χ0n) is 15.1. The van der Waals surface area contributed by atoms with Crippen molar-refractivity contribution < 1.29 is 14.3 Å². The number of carbonyl (C=O) groups excluding carboxylic acids is 1. The van der Waals surface area contributed by atoms with Crippen molar-refractivity contribution in [2.45, 2.75) is 20.0 Å². The predicted octanol–water partition coefficient (Wildman–Crippen LogP) is 2.84. The van der Waals surface area contributed by atoms with Crippen LogP contribution in [0.4, 0.5) is 0 Å². The number of amides is 1. The summed E-state index contributed by atoms with van der Waals surface area (Å²) in [5.74, 6) is 1.06. The number of ether oxygens (including phenoxy) is 2. The number of benzene rings is 2. The van der Waals surface area contributed by atoms with Gasteiger partial charge in [-0.05, 0) is 44.3 Å². The molecular formula is C20H26N2O3. The van der Waals surface area contributed by atoms with Crippen LogP contribution >= 0.6 is 0 Å². The zero-order chi connectivity index (χ0) is 18.1. The summed E-state index contributed by atoms with van der Waals surface area (Å²) in [6.45, 7) is 3.81. The fraction of sp³-hybridized carbons (Fsp3) is 0.350. The second-order valence-corrected chi connectivity index (χ2v) is 6.00. The van der Waals surface area contributed by atoms with E-state index in [1.807, 2.05) is 51.4 Å². The van der Waals surface area contributed by atoms with Crippen molar-refractivity contribution in [1.29, 1.82) is 0 Å². The molecule has 0 aromatic heterocycles. The Morgan fingerprint density at radius 2 is 1.56 bits per heavy atom. The van der Waals surface area contributed by atoms with Crippen LogP contribution in [-0.4, -0.2) is 38.1 Å². The minimum atomic E-state index is -0.163. The third-order valence-electron chi connectivity index (χ3n) is 3.52. The van der Waals surface area contributed by atoms with E-state index in [-0.39, 0.29) is 12.5 Å². The highest BCUT2D eigenvalue weighted by Crippen LogP contribution is 2.26. The van der Waals surface area contributed by atoms with Crippen LogP contribution in [0.15, 0.2) is 48.5 Å². The lowest BCUT2D eigenvalue weighted by molar-refractivity contribution is -0.123. The van der Waals surface area contributed by atoms with Gasteiger partial charge in [-0.1, -0.05) is 36.4 Å². The van der Waals surface area contributed by atoms with Crippen molar-refractivity contribution in [3.8, 4) is 11.5 Å². The molecule has 0 fully saturated rings. The van der Waals surface area contributed by atoms with Gasteiger partial charge in [-0.2, -0.15) is 0 Å². The van der Waals surface area contributed by atoms with Crippen molar-refractivity contribution in [3.63, 3.8) is 0 Å². The van der Waals surface area contributed by atoms with Gasteiger partial charge in [0.15, 0.2) is 18.1 Å². The molecule has 2 rings (SSSR count). The number of nitrogens with one attached hydrogen (secondary N) is 1. The van der Waals surface area contributed by atoms with Crippen LogP contribution in [0.2, 0.25) is 0 Å². The van der Waals surface area contributed by atoms with E-state index in [4.69, 9.17) is 9.47 Å². The SMILES string of the molecule is CCOc1ccccc1OCC(=O)NCc1ccc(CN(C)C)cc1. The first kappa shape index (κ1) is 18.8. The fourth-order valence-electron chi connectivity index (χ4n) is 2.37. The summed E-state index contributed by atoms with van der Waals surface area (Å²) >= 11 is 0. The Bertz CT molecular complexity index is 669. The highest BCUT2D eigenvalue weighted by molar-refractivity contribution is 5.77. The van der Waals surface area contributed by atoms with Crippen molar-refractivity contribution in [2.75, 3.05) is 27.3 Å². The third-order valence-corrected chi connectivity index (χ3v) is 3.52. The molecule has 0 atom stereocenters. The number of nitrogens with zero attached hydrogens (tertiary/aromatic N) is 1. The Hall–Kier alpha value is -2.53. The van der Waals surface area contributed by atoms with Gasteiger partial charge >= 0.3 is 0 Å². The van der Waals surface area contributed by atoms with E-state index in [1.54, 1.807) is 6.07 Å². The Balaban J connectivity index is 1.79. The summed E-state index contributed by atoms with van der Waals surface area (Å²) in [6.07, 6.45) is 0. The van der Waals surface area contributed by atoms with Crippen LogP contribution in [-0.2, 0) is 17.9 Å². The van der Waals surface area contributed by atoms with Gasteiger partial charge in [0, 0.05) is 13.1 Å². The number of rotatable bonds is 9. The second kappa shape index (κ2) is 9.69. The summed E-state index contributed by atoms with van der Waals surface area (Å²) in [4.78, 5) is 14.1. The Labute approximate surface area is 149 Å². The number of hydrogen-bond donors (Lipinski definition) is 1. The Morgan fingerprint density at radius 1 is 0.960 bits per heavy atom. The molecule has 1 N–H and O–H groups in total. The molecule has 5 heteroatoms. The minimum Gasteiger partial charge on any atom is -0.490 e. The van der Waals surface area contributed by atoms with E-state index in [1.165, 1.54) is 5.56 Å². The standard InChI is InChI=1S/C20H26N2O3/c1-4-24-18-7-5-6-8-19(18)25-15-20(23)21-13-16-9-11-17(12-10-16)14-22(2)3/h5-12H,4,13-15H2,1-3H3,(H,21,23). The van der Waals surface area contributed by atoms with Gasteiger partial charge in [0.25, 0.3) is 5.91 Å². The van der Waals surface area contributed by atoms with Crippen LogP contribution in [0.3, 0.4) is 0 Å². The second-order valence-electron chi connectivity index (χ2n) is 6.00. The first-order valence-corrected chi connectivity index (χ1v) is 8.42. The maximum absolute atomic E-state index is 12.0. The summed E-state index contributed by atoms with van der Waals surface area (Å²) < 4.78 is 11.0. The lowest BCUT2D eigenvalue weighted by Gasteiger charge is -2.12. The molecule has 2 aromatic rings. The molecular weight excluding hydrogens is 316 g/mol. The van der Waals surface area contributed by atoms with Gasteiger partial charge in [0.1, 0.15) is 0 Å². The van der Waals surface area contributed by atoms with E-state index < -0.39 is 0 Å². The van der Waals surface area contributed by atoms with E-state index in [0.29, 0.717) is 24.7 Å². The quantitative estimate of drug-likeness (QED) is 0.761. The molecule has 1 amide bonds. The van der Waals surface area contributed by atoms with Crippen molar-refractivity contribution in [1.82, 2.24) is 10.2 Å². The Kier molecular flexibility index (Phi) is 7.29. The molecule has 0 spiro atoms. The molecule has 0 aliphatic carbocycles. The first-order chi connectivity index (χ1) is 12.1. The maximum Gasteiger partial charge on any atom is 0.258 e. The number of para-hydroxylation sites is 2. The topological polar surface area (TPSA) is 50.8 Å². The maximum atomic E-state index is 12.0. The van der Waals surface area contributed by atoms with Gasteiger partial charge in [0.2, 0.25) is 0 Å². The lowest BCUT2D eigenvalue weighted by atomic mass is 10.1. The van der Waals surface area contributed by atoms with Gasteiger partial charge in [-0.3, -0.25) is 4.79 Å². The lowest BCUT2D eigenvalue weighted by Crippen LogP contribution is -2.28. The normalized spacial score (nSPS) is 10.6.